The highest BCUT2D eigenvalue weighted by atomic mass is 16.7. The molecule has 0 bridgehead atoms. The summed E-state index contributed by atoms with van der Waals surface area (Å²) in [6.45, 7) is 12.4. The highest BCUT2D eigenvalue weighted by Crippen LogP contribution is 2.50. The fourth-order valence-corrected chi connectivity index (χ4v) is 4.98. The Kier molecular flexibility index (Phi) is 13.1. The number of esters is 3. The molecule has 0 unspecified atom stereocenters. The lowest BCUT2D eigenvalue weighted by Crippen LogP contribution is -2.17. The predicted molar refractivity (Wildman–Crippen MR) is 177 cm³/mol. The van der Waals surface area contributed by atoms with Crippen LogP contribution in [0.5, 0.6) is 17.2 Å². The van der Waals surface area contributed by atoms with E-state index in [1.54, 1.807) is 19.1 Å². The summed E-state index contributed by atoms with van der Waals surface area (Å²) in [7, 11) is 0. The molecule has 4 rings (SSSR count). The maximum Gasteiger partial charge on any atom is 0.513 e. The molecule has 0 radical (unpaired) electrons. The van der Waals surface area contributed by atoms with E-state index >= 15 is 0 Å². The highest BCUT2D eigenvalue weighted by Gasteiger charge is 2.36. The molecule has 0 saturated heterocycles. The molecule has 1 aliphatic carbocycles. The molecule has 3 aromatic rings. The van der Waals surface area contributed by atoms with Crippen LogP contribution in [-0.4, -0.2) is 76.9 Å². The summed E-state index contributed by atoms with van der Waals surface area (Å²) >= 11 is 0. The van der Waals surface area contributed by atoms with Crippen LogP contribution in [0.4, 0.5) is 4.79 Å². The van der Waals surface area contributed by atoms with Crippen LogP contribution in [0.25, 0.3) is 11.1 Å². The molecule has 12 heteroatoms. The summed E-state index contributed by atoms with van der Waals surface area (Å²) in [6.07, 6.45) is -0.914. The van der Waals surface area contributed by atoms with Gasteiger partial charge < -0.3 is 37.9 Å². The van der Waals surface area contributed by atoms with Crippen LogP contribution in [0.15, 0.2) is 72.8 Å². The first kappa shape index (κ1) is 36.8. The van der Waals surface area contributed by atoms with E-state index in [0.29, 0.717) is 43.5 Å². The third kappa shape index (κ3) is 10.5. The lowest BCUT2D eigenvalue weighted by atomic mass is 9.82. The Morgan fingerprint density at radius 2 is 1.06 bits per heavy atom. The summed E-state index contributed by atoms with van der Waals surface area (Å²) < 4.78 is 42.0. The van der Waals surface area contributed by atoms with Gasteiger partial charge in [0.15, 0.2) is 0 Å². The van der Waals surface area contributed by atoms with Crippen molar-refractivity contribution in [3.8, 4) is 28.4 Å². The molecule has 0 aromatic heterocycles. The summed E-state index contributed by atoms with van der Waals surface area (Å²) in [4.78, 5) is 47.6. The Bertz CT molecular complexity index is 1660. The smallest absolute Gasteiger partial charge is 0.460 e. The van der Waals surface area contributed by atoms with Gasteiger partial charge in [0.05, 0.1) is 45.2 Å². The molecule has 3 aromatic carbocycles. The molecular formula is C37H40O12. The second-order valence-electron chi connectivity index (χ2n) is 11.5. The first-order valence-corrected chi connectivity index (χ1v) is 15.7. The van der Waals surface area contributed by atoms with E-state index < -0.39 is 23.5 Å². The number of carbonyl (C=O) groups excluding carboxylic acids is 4. The van der Waals surface area contributed by atoms with Crippen LogP contribution in [0.3, 0.4) is 0 Å². The van der Waals surface area contributed by atoms with Crippen molar-refractivity contribution in [2.45, 2.75) is 33.1 Å². The highest BCUT2D eigenvalue weighted by molar-refractivity contribution is 5.92. The third-order valence-corrected chi connectivity index (χ3v) is 7.38. The third-order valence-electron chi connectivity index (χ3n) is 7.38. The number of ether oxygens (including phenoxy) is 8. The SMILES string of the molecule is C=C(C)C(=O)OCCOCCOCCOCCOC(=O)Oc1ccc(C(=O)Oc2ccc3c(c2)C(C)(C)c2cc(OC(C)=O)ccc2-3)cc1. The molecule has 49 heavy (non-hydrogen) atoms. The van der Waals surface area contributed by atoms with Crippen LogP contribution in [0.2, 0.25) is 0 Å². The van der Waals surface area contributed by atoms with Gasteiger partial charge in [0.1, 0.15) is 30.5 Å². The van der Waals surface area contributed by atoms with Gasteiger partial charge in [-0.05, 0) is 77.7 Å². The summed E-state index contributed by atoms with van der Waals surface area (Å²) in [5.41, 5.74) is 4.21. The van der Waals surface area contributed by atoms with E-state index in [2.05, 4.69) is 20.4 Å². The van der Waals surface area contributed by atoms with E-state index in [1.807, 2.05) is 24.3 Å². The Labute approximate surface area is 284 Å². The average molecular weight is 677 g/mol. The van der Waals surface area contributed by atoms with Gasteiger partial charge >= 0.3 is 24.1 Å². The molecule has 0 atom stereocenters. The van der Waals surface area contributed by atoms with E-state index in [9.17, 15) is 19.2 Å². The van der Waals surface area contributed by atoms with Crippen LogP contribution < -0.4 is 14.2 Å². The average Bonchev–Trinajstić information content (AvgIpc) is 3.28. The van der Waals surface area contributed by atoms with Crippen molar-refractivity contribution in [2.75, 3.05) is 52.9 Å². The molecule has 260 valence electrons. The minimum absolute atomic E-state index is 0.0225. The van der Waals surface area contributed by atoms with Gasteiger partial charge in [-0.1, -0.05) is 32.6 Å². The summed E-state index contributed by atoms with van der Waals surface area (Å²) in [5.74, 6) is -0.364. The second kappa shape index (κ2) is 17.4. The number of rotatable bonds is 17. The Morgan fingerprint density at radius 1 is 0.592 bits per heavy atom. The van der Waals surface area contributed by atoms with Crippen molar-refractivity contribution in [1.82, 2.24) is 0 Å². The first-order valence-electron chi connectivity index (χ1n) is 15.7. The largest absolute Gasteiger partial charge is 0.513 e. The van der Waals surface area contributed by atoms with E-state index in [4.69, 9.17) is 37.9 Å². The minimum Gasteiger partial charge on any atom is -0.460 e. The van der Waals surface area contributed by atoms with Gasteiger partial charge in [-0.15, -0.1) is 0 Å². The van der Waals surface area contributed by atoms with Crippen molar-refractivity contribution in [2.24, 2.45) is 0 Å². The minimum atomic E-state index is -0.914. The Morgan fingerprint density at radius 3 is 1.57 bits per heavy atom. The number of benzene rings is 3. The lowest BCUT2D eigenvalue weighted by molar-refractivity contribution is -0.140. The number of fused-ring (bicyclic) bond motifs is 3. The summed E-state index contributed by atoms with van der Waals surface area (Å²) in [6, 6.07) is 16.9. The zero-order chi connectivity index (χ0) is 35.4. The number of hydrogen-bond acceptors (Lipinski definition) is 12. The first-order chi connectivity index (χ1) is 23.5. The van der Waals surface area contributed by atoms with Gasteiger partial charge in [-0.3, -0.25) is 4.79 Å². The van der Waals surface area contributed by atoms with Gasteiger partial charge in [-0.25, -0.2) is 14.4 Å². The number of carbonyl (C=O) groups is 4. The molecule has 0 heterocycles. The van der Waals surface area contributed by atoms with Crippen molar-refractivity contribution >= 4 is 24.1 Å². The zero-order valence-electron chi connectivity index (χ0n) is 28.0. The van der Waals surface area contributed by atoms with E-state index in [1.165, 1.54) is 31.2 Å². The van der Waals surface area contributed by atoms with Gasteiger partial charge in [-0.2, -0.15) is 0 Å². The normalized spacial score (nSPS) is 12.3. The molecule has 0 amide bonds. The predicted octanol–water partition coefficient (Wildman–Crippen LogP) is 5.82. The van der Waals surface area contributed by atoms with Crippen molar-refractivity contribution < 1.29 is 57.1 Å². The molecule has 0 spiro atoms. The molecule has 0 saturated carbocycles. The Hall–Kier alpha value is -5.04. The zero-order valence-corrected chi connectivity index (χ0v) is 28.0. The van der Waals surface area contributed by atoms with E-state index in [0.717, 1.165) is 22.3 Å². The molecule has 12 nitrogen and oxygen atoms in total. The van der Waals surface area contributed by atoms with Crippen LogP contribution in [-0.2, 0) is 38.7 Å². The van der Waals surface area contributed by atoms with Gasteiger partial charge in [0.2, 0.25) is 0 Å². The lowest BCUT2D eigenvalue weighted by Gasteiger charge is -2.22. The molecular weight excluding hydrogens is 636 g/mol. The maximum absolute atomic E-state index is 12.9. The van der Waals surface area contributed by atoms with Crippen LogP contribution >= 0.6 is 0 Å². The number of hydrogen-bond donors (Lipinski definition) is 0. The van der Waals surface area contributed by atoms with Crippen LogP contribution in [0.1, 0.15) is 49.2 Å². The maximum atomic E-state index is 12.9. The fourth-order valence-electron chi connectivity index (χ4n) is 4.98. The van der Waals surface area contributed by atoms with Gasteiger partial charge in [0.25, 0.3) is 0 Å². The van der Waals surface area contributed by atoms with Gasteiger partial charge in [0, 0.05) is 17.9 Å². The van der Waals surface area contributed by atoms with Crippen molar-refractivity contribution in [1.29, 1.82) is 0 Å². The van der Waals surface area contributed by atoms with E-state index in [-0.39, 0.29) is 43.7 Å². The standard InChI is InChI=1S/C37H40O12/c1-24(2)34(39)45-20-18-43-16-14-42-15-17-44-19-21-46-36(41)49-27-8-6-26(7-9-27)35(40)48-29-11-13-31-30-12-10-28(47-25(3)38)22-32(30)37(4,5)33(31)23-29/h6-13,22-23H,1,14-21H2,2-5H3. The molecule has 1 aliphatic rings. The van der Waals surface area contributed by atoms with Crippen LogP contribution in [0, 0.1) is 0 Å². The van der Waals surface area contributed by atoms with Crippen molar-refractivity contribution in [3.05, 3.63) is 89.5 Å². The topological polar surface area (TPSA) is 142 Å². The quantitative estimate of drug-likeness (QED) is 0.0559. The Balaban J connectivity index is 1.13. The van der Waals surface area contributed by atoms with Crippen molar-refractivity contribution in [3.63, 3.8) is 0 Å². The molecule has 0 N–H and O–H groups in total. The molecule has 0 fully saturated rings. The summed E-state index contributed by atoms with van der Waals surface area (Å²) in [5, 5.41) is 0. The fraction of sp³-hybridized carbons (Fsp3) is 0.351. The second-order valence-corrected chi connectivity index (χ2v) is 11.5. The monoisotopic (exact) mass is 676 g/mol. The molecule has 0 aliphatic heterocycles.